The number of rotatable bonds is 7. The predicted molar refractivity (Wildman–Crippen MR) is 145 cm³/mol. The highest BCUT2D eigenvalue weighted by atomic mass is 16.5. The molecule has 5 rings (SSSR count). The first-order valence-corrected chi connectivity index (χ1v) is 12.9. The number of para-hydroxylation sites is 2. The first kappa shape index (κ1) is 24.0. The van der Waals surface area contributed by atoms with Crippen molar-refractivity contribution in [2.75, 3.05) is 23.8 Å². The topological polar surface area (TPSA) is 59.6 Å². The fourth-order valence-electron chi connectivity index (χ4n) is 5.00. The molecule has 186 valence electrons. The third-order valence-corrected chi connectivity index (χ3v) is 6.77. The molecule has 0 saturated heterocycles. The summed E-state index contributed by atoms with van der Waals surface area (Å²) in [6.45, 7) is 7.57. The zero-order chi connectivity index (χ0) is 25.1. The molecule has 5 nitrogen and oxygen atoms in total. The monoisotopic (exact) mass is 482 g/mol. The van der Waals surface area contributed by atoms with Crippen molar-refractivity contribution in [3.05, 3.63) is 95.2 Å². The predicted octanol–water partition coefficient (Wildman–Crippen LogP) is 7.10. The van der Waals surface area contributed by atoms with Crippen LogP contribution < -0.4 is 20.1 Å². The minimum absolute atomic E-state index is 0.122. The lowest BCUT2D eigenvalue weighted by molar-refractivity contribution is -0.116. The number of benzene rings is 3. The summed E-state index contributed by atoms with van der Waals surface area (Å²) in [5.41, 5.74) is 6.00. The lowest BCUT2D eigenvalue weighted by Crippen LogP contribution is -2.26. The highest BCUT2D eigenvalue weighted by Gasteiger charge is 2.36. The van der Waals surface area contributed by atoms with Crippen molar-refractivity contribution in [1.82, 2.24) is 0 Å². The van der Waals surface area contributed by atoms with Crippen LogP contribution in [0.25, 0.3) is 0 Å². The van der Waals surface area contributed by atoms with E-state index < -0.39 is 0 Å². The molecule has 2 aliphatic rings. The number of ether oxygens (including phenoxy) is 2. The molecule has 0 bridgehead atoms. The Hall–Kier alpha value is -3.73. The minimum Gasteiger partial charge on any atom is -0.494 e. The van der Waals surface area contributed by atoms with Crippen LogP contribution in [-0.4, -0.2) is 19.0 Å². The van der Waals surface area contributed by atoms with Crippen molar-refractivity contribution in [3.8, 4) is 11.5 Å². The van der Waals surface area contributed by atoms with Crippen LogP contribution in [0.3, 0.4) is 0 Å². The molecular weight excluding hydrogens is 448 g/mol. The fraction of sp³-hybridized carbons (Fsp3) is 0.323. The van der Waals surface area contributed by atoms with Gasteiger partial charge in [-0.05, 0) is 72.7 Å². The number of anilines is 2. The van der Waals surface area contributed by atoms with E-state index in [1.807, 2.05) is 43.3 Å². The number of Topliss-reactive ketones (excluding diaryl/α,β-unsaturated/α-hetero) is 1. The Labute approximate surface area is 213 Å². The first-order chi connectivity index (χ1) is 17.5. The second-order valence-corrected chi connectivity index (χ2v) is 9.94. The van der Waals surface area contributed by atoms with E-state index in [2.05, 4.69) is 60.9 Å². The summed E-state index contributed by atoms with van der Waals surface area (Å²) in [5.74, 6) is 2.46. The third kappa shape index (κ3) is 5.11. The van der Waals surface area contributed by atoms with Gasteiger partial charge in [-0.3, -0.25) is 4.79 Å². The maximum Gasteiger partial charge on any atom is 0.163 e. The number of hydrogen-bond acceptors (Lipinski definition) is 5. The maximum absolute atomic E-state index is 13.7. The van der Waals surface area contributed by atoms with Gasteiger partial charge in [0.15, 0.2) is 5.78 Å². The SMILES string of the molecule is CCOc1ccc(C2CC(=O)C3=C(C2)Nc2ccccc2NC3c2ccc(OCC(C)C)cc2)cc1. The van der Waals surface area contributed by atoms with Crippen molar-refractivity contribution in [2.24, 2.45) is 5.92 Å². The Morgan fingerprint density at radius 1 is 0.833 bits per heavy atom. The van der Waals surface area contributed by atoms with Gasteiger partial charge < -0.3 is 20.1 Å². The van der Waals surface area contributed by atoms with Gasteiger partial charge in [0.05, 0.1) is 30.6 Å². The van der Waals surface area contributed by atoms with Crippen molar-refractivity contribution in [3.63, 3.8) is 0 Å². The van der Waals surface area contributed by atoms with Gasteiger partial charge >= 0.3 is 0 Å². The second kappa shape index (κ2) is 10.5. The number of carbonyl (C=O) groups is 1. The zero-order valence-corrected chi connectivity index (χ0v) is 21.2. The van der Waals surface area contributed by atoms with Gasteiger partial charge in [0, 0.05) is 17.7 Å². The molecule has 3 aromatic carbocycles. The Kier molecular flexibility index (Phi) is 6.99. The summed E-state index contributed by atoms with van der Waals surface area (Å²) in [4.78, 5) is 13.7. The van der Waals surface area contributed by atoms with Crippen LogP contribution in [0, 0.1) is 5.92 Å². The van der Waals surface area contributed by atoms with Crippen molar-refractivity contribution < 1.29 is 14.3 Å². The summed E-state index contributed by atoms with van der Waals surface area (Å²) >= 11 is 0. The summed E-state index contributed by atoms with van der Waals surface area (Å²) < 4.78 is 11.5. The van der Waals surface area contributed by atoms with Crippen molar-refractivity contribution in [2.45, 2.75) is 45.6 Å². The minimum atomic E-state index is -0.232. The third-order valence-electron chi connectivity index (χ3n) is 6.77. The molecule has 1 aliphatic heterocycles. The molecule has 5 heteroatoms. The lowest BCUT2D eigenvalue weighted by Gasteiger charge is -2.30. The van der Waals surface area contributed by atoms with Crippen LogP contribution in [0.1, 0.15) is 56.7 Å². The van der Waals surface area contributed by atoms with E-state index >= 15 is 0 Å². The summed E-state index contributed by atoms with van der Waals surface area (Å²) in [6.07, 6.45) is 1.26. The number of carbonyl (C=O) groups excluding carboxylic acids is 1. The summed E-state index contributed by atoms with van der Waals surface area (Å²) in [6, 6.07) is 24.2. The summed E-state index contributed by atoms with van der Waals surface area (Å²) in [7, 11) is 0. The molecule has 2 N–H and O–H groups in total. The second-order valence-electron chi connectivity index (χ2n) is 9.94. The Bertz CT molecular complexity index is 1250. The van der Waals surface area contributed by atoms with Crippen LogP contribution in [0.4, 0.5) is 11.4 Å². The van der Waals surface area contributed by atoms with Gasteiger partial charge in [-0.15, -0.1) is 0 Å². The van der Waals surface area contributed by atoms with E-state index in [0.29, 0.717) is 25.6 Å². The highest BCUT2D eigenvalue weighted by Crippen LogP contribution is 2.44. The molecule has 0 radical (unpaired) electrons. The molecule has 0 aromatic heterocycles. The molecule has 0 fully saturated rings. The smallest absolute Gasteiger partial charge is 0.163 e. The van der Waals surface area contributed by atoms with Crippen LogP contribution in [0.15, 0.2) is 84.1 Å². The first-order valence-electron chi connectivity index (χ1n) is 12.9. The van der Waals surface area contributed by atoms with Crippen LogP contribution in [0.2, 0.25) is 0 Å². The molecule has 1 aliphatic carbocycles. The van der Waals surface area contributed by atoms with Gasteiger partial charge in [0.2, 0.25) is 0 Å². The average Bonchev–Trinajstić information content (AvgIpc) is 3.05. The molecule has 2 unspecified atom stereocenters. The number of hydrogen-bond donors (Lipinski definition) is 2. The van der Waals surface area contributed by atoms with Gasteiger partial charge in [-0.25, -0.2) is 0 Å². The van der Waals surface area contributed by atoms with E-state index in [-0.39, 0.29) is 17.7 Å². The highest BCUT2D eigenvalue weighted by molar-refractivity contribution is 6.01. The largest absolute Gasteiger partial charge is 0.494 e. The van der Waals surface area contributed by atoms with E-state index in [1.54, 1.807) is 0 Å². The number of ketones is 1. The van der Waals surface area contributed by atoms with Crippen LogP contribution in [0.5, 0.6) is 11.5 Å². The van der Waals surface area contributed by atoms with E-state index in [1.165, 1.54) is 0 Å². The molecular formula is C31H34N2O3. The van der Waals surface area contributed by atoms with Gasteiger partial charge in [-0.2, -0.15) is 0 Å². The molecule has 0 saturated carbocycles. The zero-order valence-electron chi connectivity index (χ0n) is 21.2. The Morgan fingerprint density at radius 3 is 2.14 bits per heavy atom. The lowest BCUT2D eigenvalue weighted by atomic mass is 9.78. The Morgan fingerprint density at radius 2 is 1.47 bits per heavy atom. The summed E-state index contributed by atoms with van der Waals surface area (Å²) in [5, 5.41) is 7.27. The molecule has 36 heavy (non-hydrogen) atoms. The molecule has 3 aromatic rings. The average molecular weight is 483 g/mol. The standard InChI is InChI=1S/C31H34N2O3/c1-4-35-24-13-9-21(10-14-24)23-17-28-30(29(34)18-23)31(33-27-8-6-5-7-26(27)32-28)22-11-15-25(16-12-22)36-19-20(2)3/h5-16,20,23,31-33H,4,17-19H2,1-3H3. The van der Waals surface area contributed by atoms with Crippen molar-refractivity contribution in [1.29, 1.82) is 0 Å². The fourth-order valence-corrected chi connectivity index (χ4v) is 5.00. The number of allylic oxidation sites excluding steroid dienone is 1. The molecule has 0 amide bonds. The number of nitrogens with one attached hydrogen (secondary N) is 2. The Balaban J connectivity index is 1.48. The van der Waals surface area contributed by atoms with Gasteiger partial charge in [0.1, 0.15) is 11.5 Å². The maximum atomic E-state index is 13.7. The number of fused-ring (bicyclic) bond motifs is 1. The van der Waals surface area contributed by atoms with E-state index in [9.17, 15) is 4.79 Å². The van der Waals surface area contributed by atoms with Crippen LogP contribution >= 0.6 is 0 Å². The molecule has 2 atom stereocenters. The van der Waals surface area contributed by atoms with Gasteiger partial charge in [0.25, 0.3) is 0 Å². The van der Waals surface area contributed by atoms with Crippen molar-refractivity contribution >= 4 is 17.2 Å². The van der Waals surface area contributed by atoms with E-state index in [0.717, 1.165) is 51.7 Å². The normalized spacial score (nSPS) is 19.1. The van der Waals surface area contributed by atoms with E-state index in [4.69, 9.17) is 9.47 Å². The van der Waals surface area contributed by atoms with Gasteiger partial charge in [-0.1, -0.05) is 50.2 Å². The van der Waals surface area contributed by atoms with Crippen LogP contribution in [-0.2, 0) is 4.79 Å². The quantitative estimate of drug-likeness (QED) is 0.376. The molecule has 0 spiro atoms. The molecule has 1 heterocycles.